The lowest BCUT2D eigenvalue weighted by molar-refractivity contribution is 0.0387. The number of benzene rings is 5. The van der Waals surface area contributed by atoms with Crippen LogP contribution in [0, 0.1) is 19.7 Å². The number of urea groups is 1. The molecule has 2 aliphatic rings. The minimum absolute atomic E-state index is 0. The zero-order valence-electron chi connectivity index (χ0n) is 63.2. The quantitative estimate of drug-likeness (QED) is 0.0255. The molecule has 115 heavy (non-hydrogen) atoms. The van der Waals surface area contributed by atoms with Gasteiger partial charge >= 0.3 is 6.03 Å². The average molecular weight is 1770 g/mol. The van der Waals surface area contributed by atoms with Gasteiger partial charge < -0.3 is 42.4 Å². The monoisotopic (exact) mass is 1770 g/mol. The molecule has 33 heteroatoms. The summed E-state index contributed by atoms with van der Waals surface area (Å²) in [5.74, 6) is 0.384. The van der Waals surface area contributed by atoms with E-state index in [1.165, 1.54) is 0 Å². The summed E-state index contributed by atoms with van der Waals surface area (Å²) in [5, 5.41) is 38.1. The fourth-order valence-corrected chi connectivity index (χ4v) is 11.2. The maximum atomic E-state index is 12.0. The lowest BCUT2D eigenvalue weighted by atomic mass is 10.1. The minimum atomic E-state index is -0.157. The molecule has 16 rings (SSSR count). The van der Waals surface area contributed by atoms with Gasteiger partial charge in [-0.2, -0.15) is 20.4 Å². The van der Waals surface area contributed by atoms with Crippen LogP contribution < -0.4 is 27.8 Å². The first-order valence-corrected chi connectivity index (χ1v) is 38.9. The Morgan fingerprint density at radius 2 is 0.974 bits per heavy atom. The lowest BCUT2D eigenvalue weighted by Gasteiger charge is -2.26. The number of Topliss-reactive ketones (excluding diaryl/α,β-unsaturated/α-hetero) is 1. The topological polar surface area (TPSA) is 341 Å². The van der Waals surface area contributed by atoms with Gasteiger partial charge in [-0.05, 0) is 125 Å². The maximum absolute atomic E-state index is 12.0. The van der Waals surface area contributed by atoms with Crippen molar-refractivity contribution in [2.45, 2.75) is 27.4 Å². The number of nitrogens with two attached hydrogens (primary N) is 3. The molecule has 29 nitrogen and oxygen atoms in total. The molecule has 9 aromatic heterocycles. The number of aromatic nitrogens is 14. The van der Waals surface area contributed by atoms with Crippen LogP contribution >= 0.6 is 61.7 Å². The third-order valence-electron chi connectivity index (χ3n) is 16.1. The van der Waals surface area contributed by atoms with Crippen LogP contribution in [-0.4, -0.2) is 191 Å². The standard InChI is InChI=1S/C20H24N6O2.C13H7ClN4.C13H8N4.C13H12N4.C9H6BrNO.C6H14N2O.C4H4ClN3.C2H6O.CH3I.CH4/c27-20(21-7-8-25-9-11-28-12-10-25)22-14-16-3-1-4-17(13-16)18-15-26-19(24-18)5-2-6-23-26;1-15-10-4-2-3-9(7-10)11-8-18-13(16-11)6-5-12(14)17-18;1-14-11-5-2-4-10(8-11)12-9-17-13(16-12)6-3-7-15-17;14-8-10-3-1-4-11(7-10)12-9-17-13(16-12)5-2-6-15-17;1-11-8-4-2-3-7(5-8)9(12)6-10;7-1-2-8-3-5-9-6-4-8;5-3-1-2-4(6)8-7-3;1-2-3;1-2;/h1-6,13,15H,7-12,14H2,(H2,21,22,27);2-8H;2-9H;1-7,9H,8,14H2;2-5H,6H2;1-7H2;1-2H,(H2,6,8);3H,2H2,1H3;1H3;1H4/i;;;;;;;;1D;. The first-order valence-electron chi connectivity index (χ1n) is 36.2. The number of ether oxygens (including phenoxy) is 2. The Bertz CT molecular complexity index is 5350. The van der Waals surface area contributed by atoms with Crippen molar-refractivity contribution < 1.29 is 25.5 Å². The molecule has 2 saturated heterocycles. The van der Waals surface area contributed by atoms with E-state index in [1.54, 1.807) is 117 Å². The van der Waals surface area contributed by atoms with Crippen LogP contribution in [0.25, 0.3) is 82.2 Å². The number of nitrogens with zero attached hydrogens (tertiary/aromatic N) is 19. The molecule has 0 saturated carbocycles. The Morgan fingerprint density at radius 1 is 0.557 bits per heavy atom. The van der Waals surface area contributed by atoms with Crippen molar-refractivity contribution in [2.24, 2.45) is 11.5 Å². The summed E-state index contributed by atoms with van der Waals surface area (Å²) >= 11 is 16.2. The third-order valence-corrected chi connectivity index (χ3v) is 17.0. The SMILES string of the molecule is C.CCO.NCCN1CCOCC1.NCc1cccc(-c2cn3ncccc3n2)c1.Nc1ccc(Cl)nn1.O=C(NCCN1CCOCC1)NCc1cccc(-c2cn3ncccc3n2)c1.[2H]CI.[C-]#[N+]c1cccc(-c2cn3nc(Cl)ccc3n2)c1.[C-]#[N+]c1cccc(-c2cn3ncccc3n2)c1.[C-]#[N+]c1cccc(C(=O)CBr)c1. The number of hydrogen-bond acceptors (Lipinski definition) is 20. The molecule has 2 aliphatic heterocycles. The Kier molecular flexibility index (Phi) is 38.5. The summed E-state index contributed by atoms with van der Waals surface area (Å²) in [4.78, 5) is 56.3. The van der Waals surface area contributed by atoms with Crippen LogP contribution in [0.3, 0.4) is 0 Å². The Hall–Kier alpha value is -11.6. The fourth-order valence-electron chi connectivity index (χ4n) is 10.6. The third kappa shape index (κ3) is 29.7. The van der Waals surface area contributed by atoms with E-state index >= 15 is 0 Å². The predicted molar refractivity (Wildman–Crippen MR) is 465 cm³/mol. The van der Waals surface area contributed by atoms with Crippen LogP contribution in [0.5, 0.6) is 0 Å². The molecule has 0 spiro atoms. The zero-order chi connectivity index (χ0) is 81.9. The summed E-state index contributed by atoms with van der Waals surface area (Å²) in [5.41, 5.74) is 31.1. The van der Waals surface area contributed by atoms with E-state index in [0.29, 0.717) is 68.6 Å². The molecule has 2 fully saturated rings. The number of morpholine rings is 2. The van der Waals surface area contributed by atoms with Gasteiger partial charge in [-0.1, -0.05) is 160 Å². The van der Waals surface area contributed by atoms with Crippen LogP contribution in [0.15, 0.2) is 225 Å². The number of aliphatic hydroxyl groups is 1. The number of rotatable bonds is 14. The van der Waals surface area contributed by atoms with Crippen molar-refractivity contribution in [3.05, 3.63) is 287 Å². The second-order valence-electron chi connectivity index (χ2n) is 24.0. The molecule has 0 bridgehead atoms. The van der Waals surface area contributed by atoms with Gasteiger partial charge in [-0.15, -0.1) is 10.2 Å². The number of ketones is 1. The number of amides is 2. The van der Waals surface area contributed by atoms with Crippen molar-refractivity contribution in [1.82, 2.24) is 89.0 Å². The number of anilines is 1. The Labute approximate surface area is 700 Å². The molecule has 9 N–H and O–H groups in total. The van der Waals surface area contributed by atoms with Gasteiger partial charge in [0.15, 0.2) is 50.6 Å². The molecule has 0 aliphatic carbocycles. The fraction of sp³-hybridized carbons (Fsp3) is 0.232. The smallest absolute Gasteiger partial charge is 0.315 e. The van der Waals surface area contributed by atoms with Gasteiger partial charge in [0.05, 0.1) is 99.0 Å². The molecule has 0 atom stereocenters. The second-order valence-corrected chi connectivity index (χ2v) is 25.3. The Balaban J connectivity index is 0.000000190. The number of aliphatic hydroxyl groups excluding tert-OH is 1. The highest BCUT2D eigenvalue weighted by atomic mass is 127. The molecule has 0 radical (unpaired) electrons. The maximum Gasteiger partial charge on any atom is 0.315 e. The summed E-state index contributed by atoms with van der Waals surface area (Å²) < 4.78 is 23.6. The van der Waals surface area contributed by atoms with E-state index in [2.05, 4.69) is 107 Å². The summed E-state index contributed by atoms with van der Waals surface area (Å²) in [6, 6.07) is 55.4. The number of alkyl halides is 2. The number of nitrogens with one attached hydrogen (secondary N) is 2. The van der Waals surface area contributed by atoms with Crippen molar-refractivity contribution in [1.29, 1.82) is 0 Å². The van der Waals surface area contributed by atoms with Gasteiger partial charge in [-0.25, -0.2) is 57.3 Å². The van der Waals surface area contributed by atoms with E-state index in [-0.39, 0.29) is 25.8 Å². The first-order chi connectivity index (χ1) is 56.1. The molecule has 0 unspecified atom stereocenters. The van der Waals surface area contributed by atoms with Crippen molar-refractivity contribution >= 4 is 119 Å². The van der Waals surface area contributed by atoms with Crippen molar-refractivity contribution in [3.63, 3.8) is 0 Å². The van der Waals surface area contributed by atoms with Gasteiger partial charge in [0, 0.05) is 109 Å². The molecule has 11 heterocycles. The van der Waals surface area contributed by atoms with Crippen LogP contribution in [-0.2, 0) is 22.6 Å². The van der Waals surface area contributed by atoms with E-state index < -0.39 is 0 Å². The lowest BCUT2D eigenvalue weighted by Crippen LogP contribution is -2.43. The molecule has 594 valence electrons. The largest absolute Gasteiger partial charge is 0.397 e. The van der Waals surface area contributed by atoms with Gasteiger partial charge in [0.25, 0.3) is 0 Å². The highest BCUT2D eigenvalue weighted by Crippen LogP contribution is 2.27. The molecule has 2 amide bonds. The van der Waals surface area contributed by atoms with Crippen LogP contribution in [0.2, 0.25) is 10.3 Å². The number of halogens is 4. The number of hydrogen-bond donors (Lipinski definition) is 6. The predicted octanol–water partition coefficient (Wildman–Crippen LogP) is 14.4. The minimum Gasteiger partial charge on any atom is -0.397 e. The molecular formula is C82H88BrCl2IN24O5. The highest BCUT2D eigenvalue weighted by molar-refractivity contribution is 14.1. The normalized spacial score (nSPS) is 12.0. The zero-order valence-corrected chi connectivity index (χ0v) is 67.5. The van der Waals surface area contributed by atoms with E-state index in [9.17, 15) is 9.59 Å². The van der Waals surface area contributed by atoms with Gasteiger partial charge in [-0.3, -0.25) is 14.6 Å². The van der Waals surface area contributed by atoms with Crippen LogP contribution in [0.4, 0.5) is 27.7 Å². The van der Waals surface area contributed by atoms with Crippen molar-refractivity contribution in [2.75, 3.05) is 101 Å². The summed E-state index contributed by atoms with van der Waals surface area (Å²) in [7, 11) is 0. The Morgan fingerprint density at radius 3 is 1.41 bits per heavy atom. The first kappa shape index (κ1) is 88.9. The van der Waals surface area contributed by atoms with E-state index in [0.717, 1.165) is 151 Å². The molecule has 5 aromatic carbocycles. The van der Waals surface area contributed by atoms with Crippen molar-refractivity contribution in [3.8, 4) is 45.0 Å². The van der Waals surface area contributed by atoms with E-state index in [4.69, 9.17) is 76.1 Å². The van der Waals surface area contributed by atoms with Gasteiger partial charge in [0.2, 0.25) is 0 Å². The van der Waals surface area contributed by atoms with Crippen LogP contribution in [0.1, 0.15) is 37.2 Å². The highest BCUT2D eigenvalue weighted by Gasteiger charge is 2.14. The second kappa shape index (κ2) is 49.8. The number of nitrogen functional groups attached to an aromatic ring is 1. The summed E-state index contributed by atoms with van der Waals surface area (Å²) in [6.07, 6.45) is 12.7. The number of imidazole rings is 4. The molecule has 14 aromatic rings. The molecular weight excluding hydrogens is 1680 g/mol. The average Bonchev–Trinajstić information content (AvgIpc) is 1.80. The number of carbonyl (C=O) groups excluding carboxylic acids is 2. The van der Waals surface area contributed by atoms with E-state index in [1.807, 2.05) is 150 Å². The number of fused-ring (bicyclic) bond motifs is 4. The van der Waals surface area contributed by atoms with Gasteiger partial charge in [0.1, 0.15) is 11.0 Å². The number of carbonyl (C=O) groups is 2. The summed E-state index contributed by atoms with van der Waals surface area (Å²) in [6.45, 7) is 34.2.